The first kappa shape index (κ1) is 34.0. The Morgan fingerprint density at radius 2 is 1.33 bits per heavy atom. The Morgan fingerprint density at radius 1 is 0.767 bits per heavy atom. The molecule has 1 aliphatic rings. The number of benzene rings is 2. The van der Waals surface area contributed by atoms with Gasteiger partial charge in [-0.15, -0.1) is 0 Å². The van der Waals surface area contributed by atoms with Crippen LogP contribution >= 0.6 is 0 Å². The molecule has 0 aliphatic heterocycles. The van der Waals surface area contributed by atoms with Gasteiger partial charge in [-0.25, -0.2) is 4.39 Å². The highest BCUT2D eigenvalue weighted by Gasteiger charge is 2.47. The molecule has 2 unspecified atom stereocenters. The second-order valence-corrected chi connectivity index (χ2v) is 11.7. The SMILES string of the molecule is CCCCCCCCN(CCCCCCCC)c1ccc(C=CC2([N+](=O)[O-])C=CC(C=Cc3ccccc3)=CC2F)cc1. The fraction of sp³-hybridized carbons (Fsp3) is 0.474. The van der Waals surface area contributed by atoms with E-state index in [9.17, 15) is 10.1 Å². The smallest absolute Gasteiger partial charge is 0.293 e. The first-order valence-corrected chi connectivity index (χ1v) is 16.5. The number of allylic oxidation sites excluding steroid dienone is 3. The number of nitrogens with zero attached hydrogens (tertiary/aromatic N) is 2. The van der Waals surface area contributed by atoms with Gasteiger partial charge < -0.3 is 4.90 Å². The molecule has 5 heteroatoms. The van der Waals surface area contributed by atoms with Crippen LogP contribution in [0.25, 0.3) is 12.2 Å². The highest BCUT2D eigenvalue weighted by Crippen LogP contribution is 2.31. The van der Waals surface area contributed by atoms with Gasteiger partial charge in [-0.1, -0.05) is 145 Å². The maximum absolute atomic E-state index is 15.4. The third-order valence-electron chi connectivity index (χ3n) is 8.27. The van der Waals surface area contributed by atoms with Crippen LogP contribution in [0.3, 0.4) is 0 Å². The van der Waals surface area contributed by atoms with Crippen LogP contribution in [0.5, 0.6) is 0 Å². The van der Waals surface area contributed by atoms with Crippen molar-refractivity contribution in [2.75, 3.05) is 18.0 Å². The lowest BCUT2D eigenvalue weighted by Gasteiger charge is -2.25. The summed E-state index contributed by atoms with van der Waals surface area (Å²) in [5.74, 6) is 0. The number of halogens is 1. The van der Waals surface area contributed by atoms with Gasteiger partial charge in [0.1, 0.15) is 0 Å². The molecule has 0 saturated carbocycles. The van der Waals surface area contributed by atoms with Gasteiger partial charge in [0.15, 0.2) is 6.17 Å². The molecule has 0 amide bonds. The van der Waals surface area contributed by atoms with Crippen LogP contribution in [0.15, 0.2) is 90.6 Å². The average molecular weight is 587 g/mol. The van der Waals surface area contributed by atoms with E-state index in [2.05, 4.69) is 30.9 Å². The predicted octanol–water partition coefficient (Wildman–Crippen LogP) is 10.8. The molecule has 2 aromatic carbocycles. The topological polar surface area (TPSA) is 46.4 Å². The van der Waals surface area contributed by atoms with E-state index >= 15 is 4.39 Å². The maximum Gasteiger partial charge on any atom is 0.293 e. The van der Waals surface area contributed by atoms with Crippen molar-refractivity contribution >= 4 is 17.8 Å². The van der Waals surface area contributed by atoms with Gasteiger partial charge in [0.2, 0.25) is 0 Å². The number of rotatable bonds is 20. The fourth-order valence-corrected chi connectivity index (χ4v) is 5.48. The first-order valence-electron chi connectivity index (χ1n) is 16.5. The van der Waals surface area contributed by atoms with E-state index in [1.54, 1.807) is 18.2 Å². The minimum absolute atomic E-state index is 0.532. The minimum Gasteiger partial charge on any atom is -0.372 e. The summed E-state index contributed by atoms with van der Waals surface area (Å²) in [6.07, 6.45) is 24.6. The molecular formula is C38H51FN2O2. The summed E-state index contributed by atoms with van der Waals surface area (Å²) in [5.41, 5.74) is 1.68. The van der Waals surface area contributed by atoms with E-state index in [1.165, 1.54) is 101 Å². The molecule has 0 radical (unpaired) electrons. The van der Waals surface area contributed by atoms with E-state index in [1.807, 2.05) is 48.5 Å². The van der Waals surface area contributed by atoms with Crippen molar-refractivity contribution in [1.82, 2.24) is 0 Å². The Kier molecular flexibility index (Phi) is 15.0. The number of hydrogen-bond acceptors (Lipinski definition) is 3. The number of alkyl halides is 1. The highest BCUT2D eigenvalue weighted by molar-refractivity contribution is 5.59. The molecule has 0 fully saturated rings. The van der Waals surface area contributed by atoms with Crippen LogP contribution in [0.4, 0.5) is 10.1 Å². The molecule has 0 spiro atoms. The monoisotopic (exact) mass is 586 g/mol. The van der Waals surface area contributed by atoms with E-state index < -0.39 is 16.6 Å². The molecular weight excluding hydrogens is 535 g/mol. The zero-order valence-electron chi connectivity index (χ0n) is 26.3. The van der Waals surface area contributed by atoms with Crippen LogP contribution in [0, 0.1) is 10.1 Å². The average Bonchev–Trinajstić information content (AvgIpc) is 3.02. The van der Waals surface area contributed by atoms with Crippen LogP contribution in [0.1, 0.15) is 102 Å². The van der Waals surface area contributed by atoms with Crippen molar-refractivity contribution in [2.24, 2.45) is 0 Å². The molecule has 1 aliphatic carbocycles. The van der Waals surface area contributed by atoms with Gasteiger partial charge >= 0.3 is 0 Å². The molecule has 0 aromatic heterocycles. The first-order chi connectivity index (χ1) is 21.0. The lowest BCUT2D eigenvalue weighted by Crippen LogP contribution is -2.44. The van der Waals surface area contributed by atoms with E-state index in [0.29, 0.717) is 5.57 Å². The van der Waals surface area contributed by atoms with Gasteiger partial charge in [0.25, 0.3) is 5.54 Å². The molecule has 0 N–H and O–H groups in total. The molecule has 4 nitrogen and oxygen atoms in total. The van der Waals surface area contributed by atoms with Crippen molar-refractivity contribution in [1.29, 1.82) is 0 Å². The maximum atomic E-state index is 15.4. The Morgan fingerprint density at radius 3 is 1.88 bits per heavy atom. The number of hydrogen-bond donors (Lipinski definition) is 0. The third kappa shape index (κ3) is 11.3. The van der Waals surface area contributed by atoms with Crippen molar-refractivity contribution in [2.45, 2.75) is 103 Å². The van der Waals surface area contributed by atoms with E-state index in [4.69, 9.17) is 0 Å². The zero-order valence-corrected chi connectivity index (χ0v) is 26.3. The standard InChI is InChI=1S/C38H51FN2O2/c1-3-5-7-9-11-16-30-40(31-17-12-10-8-6-4-2)36-24-22-34(23-25-36)26-28-38(41(42)43)29-27-35(32-37(38)39)21-20-33-18-14-13-15-19-33/h13-15,18-29,32,37H,3-12,16-17,30-31H2,1-2H3. The fourth-order valence-electron chi connectivity index (χ4n) is 5.48. The summed E-state index contributed by atoms with van der Waals surface area (Å²) >= 11 is 0. The summed E-state index contributed by atoms with van der Waals surface area (Å²) in [6.45, 7) is 6.59. The van der Waals surface area contributed by atoms with Crippen molar-refractivity contribution in [3.05, 3.63) is 112 Å². The van der Waals surface area contributed by atoms with Crippen molar-refractivity contribution < 1.29 is 9.31 Å². The quantitative estimate of drug-likeness (QED) is 0.0881. The molecule has 43 heavy (non-hydrogen) atoms. The van der Waals surface area contributed by atoms with Crippen LogP contribution in [-0.2, 0) is 0 Å². The van der Waals surface area contributed by atoms with Gasteiger partial charge in [-0.05, 0) is 47.8 Å². The summed E-state index contributed by atoms with van der Waals surface area (Å²) in [4.78, 5) is 14.1. The molecule has 2 atom stereocenters. The highest BCUT2D eigenvalue weighted by atomic mass is 19.1. The van der Waals surface area contributed by atoms with Gasteiger partial charge in [-0.3, -0.25) is 10.1 Å². The largest absolute Gasteiger partial charge is 0.372 e. The lowest BCUT2D eigenvalue weighted by molar-refractivity contribution is -0.547. The zero-order chi connectivity index (χ0) is 30.8. The number of anilines is 1. The minimum atomic E-state index is -1.93. The number of nitro groups is 1. The van der Waals surface area contributed by atoms with Crippen molar-refractivity contribution in [3.63, 3.8) is 0 Å². The summed E-state index contributed by atoms with van der Waals surface area (Å²) in [5, 5.41) is 12.1. The molecule has 0 saturated heterocycles. The van der Waals surface area contributed by atoms with Gasteiger partial charge in [0.05, 0.1) is 0 Å². The Bertz CT molecular complexity index is 1190. The Balaban J connectivity index is 1.65. The molecule has 232 valence electrons. The summed E-state index contributed by atoms with van der Waals surface area (Å²) in [7, 11) is 0. The normalized spacial score (nSPS) is 18.4. The number of unbranched alkanes of at least 4 members (excludes halogenated alkanes) is 10. The second-order valence-electron chi connectivity index (χ2n) is 11.7. The summed E-state index contributed by atoms with van der Waals surface area (Å²) in [6, 6.07) is 17.9. The Hall–Kier alpha value is -3.47. The molecule has 0 heterocycles. The summed E-state index contributed by atoms with van der Waals surface area (Å²) < 4.78 is 15.4. The van der Waals surface area contributed by atoms with E-state index in [0.717, 1.165) is 24.2 Å². The Labute approximate surface area is 259 Å². The molecule has 2 aromatic rings. The van der Waals surface area contributed by atoms with Crippen LogP contribution in [0.2, 0.25) is 0 Å². The van der Waals surface area contributed by atoms with Crippen LogP contribution in [-0.4, -0.2) is 29.7 Å². The van der Waals surface area contributed by atoms with E-state index in [-0.39, 0.29) is 0 Å². The van der Waals surface area contributed by atoms with Crippen molar-refractivity contribution in [3.8, 4) is 0 Å². The molecule has 3 rings (SSSR count). The van der Waals surface area contributed by atoms with Gasteiger partial charge in [-0.2, -0.15) is 0 Å². The van der Waals surface area contributed by atoms with Gasteiger partial charge in [0, 0.05) is 35.9 Å². The van der Waals surface area contributed by atoms with Crippen LogP contribution < -0.4 is 4.90 Å². The molecule has 0 bridgehead atoms. The third-order valence-corrected chi connectivity index (χ3v) is 8.27. The predicted molar refractivity (Wildman–Crippen MR) is 182 cm³/mol. The lowest BCUT2D eigenvalue weighted by atomic mass is 9.86. The second kappa shape index (κ2) is 18.9.